The van der Waals surface area contributed by atoms with E-state index in [1.54, 1.807) is 11.0 Å². The van der Waals surface area contributed by atoms with Crippen molar-refractivity contribution in [3.8, 4) is 5.75 Å². The van der Waals surface area contributed by atoms with Crippen molar-refractivity contribution in [1.29, 1.82) is 0 Å². The summed E-state index contributed by atoms with van der Waals surface area (Å²) in [7, 11) is -2.60. The molecule has 7 nitrogen and oxygen atoms in total. The number of hydrogen-bond donors (Lipinski definition) is 3. The standard InChI is InChI=1S/C19H20ClN2O5P/c1-10-4-21-16-13(27-28(25)26)2-12-15(14(10)16)11(3-20)5-22(12)17(24)19-6-18(7-19,8-19)9-23/h2,4,9,11,21,25-26H,3,5-8H2,1H3/t11-,18?,19?/m1/s1. The third-order valence-corrected chi connectivity index (χ3v) is 7.36. The van der Waals surface area contributed by atoms with Crippen LogP contribution in [0.1, 0.15) is 36.3 Å². The first-order valence-electron chi connectivity index (χ1n) is 9.18. The molecule has 4 aliphatic rings. The lowest BCUT2D eigenvalue weighted by Gasteiger charge is -2.67. The van der Waals surface area contributed by atoms with Gasteiger partial charge in [-0.3, -0.25) is 4.79 Å². The number of aryl methyl sites for hydroxylation is 1. The van der Waals surface area contributed by atoms with Crippen LogP contribution in [0.15, 0.2) is 12.3 Å². The maximum Gasteiger partial charge on any atom is 0.391 e. The first kappa shape index (κ1) is 18.4. The van der Waals surface area contributed by atoms with Crippen molar-refractivity contribution in [2.75, 3.05) is 17.3 Å². The van der Waals surface area contributed by atoms with Crippen molar-refractivity contribution in [2.45, 2.75) is 32.1 Å². The van der Waals surface area contributed by atoms with E-state index in [4.69, 9.17) is 16.1 Å². The molecule has 3 aliphatic carbocycles. The summed E-state index contributed by atoms with van der Waals surface area (Å²) >= 11 is 6.26. The molecule has 2 heterocycles. The molecule has 148 valence electrons. The second-order valence-corrected chi connectivity index (χ2v) is 9.43. The van der Waals surface area contributed by atoms with Gasteiger partial charge in [-0.15, -0.1) is 11.6 Å². The molecule has 1 aromatic heterocycles. The zero-order valence-electron chi connectivity index (χ0n) is 15.2. The number of amides is 1. The molecule has 1 amide bonds. The minimum atomic E-state index is -2.60. The van der Waals surface area contributed by atoms with Crippen molar-refractivity contribution in [3.05, 3.63) is 23.4 Å². The monoisotopic (exact) mass is 422 g/mol. The number of fused-ring (bicyclic) bond motifs is 3. The highest BCUT2D eigenvalue weighted by Crippen LogP contribution is 2.73. The average molecular weight is 423 g/mol. The zero-order valence-corrected chi connectivity index (χ0v) is 16.9. The summed E-state index contributed by atoms with van der Waals surface area (Å²) in [6.07, 6.45) is 4.68. The Morgan fingerprint density at radius 1 is 1.46 bits per heavy atom. The van der Waals surface area contributed by atoms with Gasteiger partial charge < -0.3 is 29.0 Å². The molecule has 2 bridgehead atoms. The van der Waals surface area contributed by atoms with Gasteiger partial charge in [0.05, 0.1) is 16.6 Å². The molecule has 28 heavy (non-hydrogen) atoms. The highest BCUT2D eigenvalue weighted by Gasteiger charge is 2.72. The maximum absolute atomic E-state index is 13.4. The molecular formula is C19H20ClN2O5P. The number of H-pyrrole nitrogens is 1. The van der Waals surface area contributed by atoms with Gasteiger partial charge in [0, 0.05) is 41.4 Å². The Hall–Kier alpha value is -1.66. The van der Waals surface area contributed by atoms with Crippen molar-refractivity contribution in [1.82, 2.24) is 4.98 Å². The van der Waals surface area contributed by atoms with Gasteiger partial charge in [0.25, 0.3) is 0 Å². The Balaban J connectivity index is 1.61. The van der Waals surface area contributed by atoms with Crippen LogP contribution in [0.3, 0.4) is 0 Å². The molecule has 1 atom stereocenters. The molecule has 9 heteroatoms. The fraction of sp³-hybridized carbons (Fsp3) is 0.474. The number of alkyl halides is 1. The number of nitrogens with zero attached hydrogens (tertiary/aromatic N) is 1. The van der Waals surface area contributed by atoms with E-state index in [1.807, 2.05) is 13.1 Å². The predicted molar refractivity (Wildman–Crippen MR) is 106 cm³/mol. The molecule has 6 rings (SSSR count). The predicted octanol–water partition coefficient (Wildman–Crippen LogP) is 3.10. The molecule has 0 radical (unpaired) electrons. The highest BCUT2D eigenvalue weighted by molar-refractivity contribution is 7.39. The van der Waals surface area contributed by atoms with E-state index in [1.165, 1.54) is 0 Å². The first-order valence-corrected chi connectivity index (χ1v) is 10.9. The van der Waals surface area contributed by atoms with Crippen LogP contribution in [0.2, 0.25) is 0 Å². The van der Waals surface area contributed by atoms with Crippen LogP contribution < -0.4 is 9.42 Å². The zero-order chi connectivity index (χ0) is 19.8. The molecule has 1 aliphatic heterocycles. The summed E-state index contributed by atoms with van der Waals surface area (Å²) in [4.78, 5) is 48.3. The van der Waals surface area contributed by atoms with Gasteiger partial charge in [0.1, 0.15) is 6.29 Å². The van der Waals surface area contributed by atoms with E-state index < -0.39 is 14.0 Å². The second kappa shape index (κ2) is 5.92. The summed E-state index contributed by atoms with van der Waals surface area (Å²) in [5.74, 6) is 0.671. The first-order chi connectivity index (χ1) is 13.3. The van der Waals surface area contributed by atoms with Crippen LogP contribution >= 0.6 is 20.2 Å². The van der Waals surface area contributed by atoms with Crippen LogP contribution in [0.5, 0.6) is 5.75 Å². The summed E-state index contributed by atoms with van der Waals surface area (Å²) in [6, 6.07) is 1.70. The number of anilines is 1. The van der Waals surface area contributed by atoms with Crippen molar-refractivity contribution in [3.63, 3.8) is 0 Å². The van der Waals surface area contributed by atoms with Gasteiger partial charge in [0.15, 0.2) is 5.75 Å². The van der Waals surface area contributed by atoms with Gasteiger partial charge in [-0.05, 0) is 37.3 Å². The molecule has 1 aromatic carbocycles. The van der Waals surface area contributed by atoms with Crippen LogP contribution in [-0.4, -0.2) is 39.4 Å². The van der Waals surface area contributed by atoms with Crippen molar-refractivity contribution in [2.24, 2.45) is 10.8 Å². The Morgan fingerprint density at radius 2 is 2.18 bits per heavy atom. The van der Waals surface area contributed by atoms with Gasteiger partial charge in [-0.25, -0.2) is 0 Å². The lowest BCUT2D eigenvalue weighted by Crippen LogP contribution is -2.68. The SMILES string of the molecule is Cc1c[nH]c2c(OP(O)O)cc3c(c12)[C@H](CCl)CN3C(=O)C12CC(C=O)(C1)C2. The fourth-order valence-electron chi connectivity index (χ4n) is 5.49. The largest absolute Gasteiger partial charge is 0.425 e. The molecule has 0 spiro atoms. The molecule has 0 saturated heterocycles. The summed E-state index contributed by atoms with van der Waals surface area (Å²) < 4.78 is 5.26. The number of rotatable bonds is 5. The van der Waals surface area contributed by atoms with Crippen LogP contribution in [0.25, 0.3) is 10.9 Å². The van der Waals surface area contributed by atoms with Crippen LogP contribution in [0, 0.1) is 17.8 Å². The smallest absolute Gasteiger partial charge is 0.391 e. The maximum atomic E-state index is 13.4. The number of benzene rings is 1. The summed E-state index contributed by atoms with van der Waals surface area (Å²) in [5, 5.41) is 0.909. The number of halogens is 1. The van der Waals surface area contributed by atoms with E-state index in [0.29, 0.717) is 48.6 Å². The Kier molecular flexibility index (Phi) is 3.89. The van der Waals surface area contributed by atoms with Crippen molar-refractivity contribution >= 4 is 49.0 Å². The Morgan fingerprint density at radius 3 is 2.79 bits per heavy atom. The summed E-state index contributed by atoms with van der Waals surface area (Å²) in [6.45, 7) is 2.43. The molecule has 3 N–H and O–H groups in total. The van der Waals surface area contributed by atoms with E-state index in [9.17, 15) is 19.4 Å². The Labute approximate surface area is 167 Å². The quantitative estimate of drug-likeness (QED) is 0.390. The lowest BCUT2D eigenvalue weighted by molar-refractivity contribution is -0.197. The number of hydrogen-bond acceptors (Lipinski definition) is 5. The van der Waals surface area contributed by atoms with Gasteiger partial charge in [-0.1, -0.05) is 0 Å². The lowest BCUT2D eigenvalue weighted by atomic mass is 9.35. The van der Waals surface area contributed by atoms with E-state index in [2.05, 4.69) is 4.98 Å². The number of nitrogens with one attached hydrogen (secondary N) is 1. The third-order valence-electron chi connectivity index (χ3n) is 6.63. The number of carbonyl (C=O) groups excluding carboxylic acids is 2. The molecule has 3 fully saturated rings. The average Bonchev–Trinajstić information content (AvgIpc) is 3.13. The summed E-state index contributed by atoms with van der Waals surface area (Å²) in [5.41, 5.74) is 2.61. The van der Waals surface area contributed by atoms with Crippen molar-refractivity contribution < 1.29 is 23.9 Å². The normalized spacial score (nSPS) is 30.2. The molecule has 2 aromatic rings. The molecule has 0 unspecified atom stereocenters. The molecule has 3 saturated carbocycles. The number of aromatic nitrogens is 1. The van der Waals surface area contributed by atoms with Gasteiger partial charge in [0.2, 0.25) is 5.91 Å². The Bertz CT molecular complexity index is 1000. The molecular weight excluding hydrogens is 403 g/mol. The van der Waals surface area contributed by atoms with E-state index >= 15 is 0 Å². The van der Waals surface area contributed by atoms with Crippen LogP contribution in [0.4, 0.5) is 5.69 Å². The van der Waals surface area contributed by atoms with E-state index in [-0.39, 0.29) is 17.2 Å². The topological polar surface area (TPSA) is 103 Å². The van der Waals surface area contributed by atoms with E-state index in [0.717, 1.165) is 22.8 Å². The number of aldehydes is 1. The minimum Gasteiger partial charge on any atom is -0.425 e. The van der Waals surface area contributed by atoms with Crippen LogP contribution in [-0.2, 0) is 9.59 Å². The fourth-order valence-corrected chi connectivity index (χ4v) is 6.07. The second-order valence-electron chi connectivity index (χ2n) is 8.43. The van der Waals surface area contributed by atoms with Gasteiger partial charge in [-0.2, -0.15) is 0 Å². The number of carbonyl (C=O) groups is 2. The van der Waals surface area contributed by atoms with Gasteiger partial charge >= 0.3 is 8.60 Å². The third kappa shape index (κ3) is 2.28. The number of aromatic amines is 1. The minimum absolute atomic E-state index is 0.0242. The highest BCUT2D eigenvalue weighted by atomic mass is 35.5.